The summed E-state index contributed by atoms with van der Waals surface area (Å²) in [6.45, 7) is 1.81. The van der Waals surface area contributed by atoms with Gasteiger partial charge in [0.15, 0.2) is 5.69 Å². The zero-order chi connectivity index (χ0) is 21.0. The van der Waals surface area contributed by atoms with Crippen LogP contribution >= 0.6 is 11.6 Å². The monoisotopic (exact) mass is 414 g/mol. The minimum atomic E-state index is -0.484. The van der Waals surface area contributed by atoms with Crippen LogP contribution in [0.15, 0.2) is 60.8 Å². The summed E-state index contributed by atoms with van der Waals surface area (Å²) >= 11 is 6.25. The fourth-order valence-electron chi connectivity index (χ4n) is 3.00. The van der Waals surface area contributed by atoms with Crippen LogP contribution in [-0.2, 0) is 4.74 Å². The largest absolute Gasteiger partial charge is 0.375 e. The minimum absolute atomic E-state index is 0.0553. The van der Waals surface area contributed by atoms with Crippen LogP contribution < -0.4 is 5.32 Å². The molecule has 0 saturated carbocycles. The van der Waals surface area contributed by atoms with E-state index in [2.05, 4.69) is 10.4 Å². The molecule has 29 heavy (non-hydrogen) atoms. The molecule has 0 fully saturated rings. The molecule has 2 aromatic carbocycles. The first-order chi connectivity index (χ1) is 13.9. The summed E-state index contributed by atoms with van der Waals surface area (Å²) in [7, 11) is 1.55. The Balaban J connectivity index is 1.75. The van der Waals surface area contributed by atoms with Crippen LogP contribution in [0.1, 0.15) is 29.1 Å². The summed E-state index contributed by atoms with van der Waals surface area (Å²) in [4.78, 5) is 23.1. The van der Waals surface area contributed by atoms with Crippen molar-refractivity contribution < 1.29 is 14.5 Å². The third kappa shape index (κ3) is 4.61. The van der Waals surface area contributed by atoms with E-state index >= 15 is 0 Å². The van der Waals surface area contributed by atoms with Gasteiger partial charge in [-0.15, -0.1) is 0 Å². The maximum Gasteiger partial charge on any atom is 0.272 e. The van der Waals surface area contributed by atoms with Crippen molar-refractivity contribution in [3.63, 3.8) is 0 Å². The molecule has 0 aliphatic carbocycles. The zero-order valence-corrected chi connectivity index (χ0v) is 16.5. The SMILES string of the molecule is CO[C@@H](c1ccccc1Cl)[C@H](C)NC(=O)c1ccn(-c2cccc([N+](=O)[O-])c2)n1. The lowest BCUT2D eigenvalue weighted by atomic mass is 10.0. The van der Waals surface area contributed by atoms with Gasteiger partial charge in [-0.25, -0.2) is 4.68 Å². The molecule has 8 nitrogen and oxygen atoms in total. The van der Waals surface area contributed by atoms with Gasteiger partial charge in [0.05, 0.1) is 16.7 Å². The van der Waals surface area contributed by atoms with Crippen LogP contribution in [0.25, 0.3) is 5.69 Å². The number of carbonyl (C=O) groups is 1. The van der Waals surface area contributed by atoms with Crippen LogP contribution in [0.2, 0.25) is 5.02 Å². The molecule has 0 bridgehead atoms. The van der Waals surface area contributed by atoms with E-state index in [1.54, 1.807) is 31.5 Å². The van der Waals surface area contributed by atoms with Crippen LogP contribution in [0, 0.1) is 10.1 Å². The van der Waals surface area contributed by atoms with E-state index < -0.39 is 16.9 Å². The van der Waals surface area contributed by atoms with Crippen LogP contribution in [0.4, 0.5) is 5.69 Å². The number of amides is 1. The standard InChI is InChI=1S/C20H19ClN4O4/c1-13(19(29-2)16-8-3-4-9-17(16)21)22-20(26)18-10-11-24(23-18)14-6-5-7-15(12-14)25(27)28/h3-13,19H,1-2H3,(H,22,26)/t13-,19+/m0/s1. The highest BCUT2D eigenvalue weighted by atomic mass is 35.5. The number of nitrogens with one attached hydrogen (secondary N) is 1. The highest BCUT2D eigenvalue weighted by Crippen LogP contribution is 2.27. The summed E-state index contributed by atoms with van der Waals surface area (Å²) in [5, 5.41) is 18.6. The lowest BCUT2D eigenvalue weighted by molar-refractivity contribution is -0.384. The van der Waals surface area contributed by atoms with Gasteiger partial charge in [0.2, 0.25) is 0 Å². The Labute approximate surface area is 172 Å². The maximum atomic E-state index is 12.6. The van der Waals surface area contributed by atoms with E-state index in [0.717, 1.165) is 5.56 Å². The Morgan fingerprint density at radius 2 is 2.00 bits per heavy atom. The van der Waals surface area contributed by atoms with Crippen LogP contribution in [0.5, 0.6) is 0 Å². The van der Waals surface area contributed by atoms with Crippen molar-refractivity contribution in [2.75, 3.05) is 7.11 Å². The van der Waals surface area contributed by atoms with Gasteiger partial charge in [0, 0.05) is 36.0 Å². The van der Waals surface area contributed by atoms with Crippen molar-refractivity contribution in [3.8, 4) is 5.69 Å². The number of aromatic nitrogens is 2. The van der Waals surface area contributed by atoms with E-state index in [4.69, 9.17) is 16.3 Å². The third-order valence-electron chi connectivity index (χ3n) is 4.41. The number of non-ortho nitro benzene ring substituents is 1. The van der Waals surface area contributed by atoms with Crippen molar-refractivity contribution in [2.24, 2.45) is 0 Å². The molecule has 1 heterocycles. The topological polar surface area (TPSA) is 99.3 Å². The van der Waals surface area contributed by atoms with Crippen molar-refractivity contribution in [3.05, 3.63) is 87.2 Å². The molecule has 1 N–H and O–H groups in total. The Kier molecular flexibility index (Phi) is 6.26. The summed E-state index contributed by atoms with van der Waals surface area (Å²) in [5.41, 5.74) is 1.38. The number of rotatable bonds is 7. The fourth-order valence-corrected chi connectivity index (χ4v) is 3.24. The molecule has 9 heteroatoms. The smallest absolute Gasteiger partial charge is 0.272 e. The zero-order valence-electron chi connectivity index (χ0n) is 15.8. The van der Waals surface area contributed by atoms with Gasteiger partial charge < -0.3 is 10.1 Å². The van der Waals surface area contributed by atoms with Gasteiger partial charge >= 0.3 is 0 Å². The molecule has 1 amide bonds. The molecule has 0 aliphatic rings. The quantitative estimate of drug-likeness (QED) is 0.466. The number of nitro groups is 1. The first kappa shape index (κ1) is 20.5. The summed E-state index contributed by atoms with van der Waals surface area (Å²) in [6.07, 6.45) is 1.13. The average molecular weight is 415 g/mol. The average Bonchev–Trinajstić information content (AvgIpc) is 3.20. The molecule has 3 rings (SSSR count). The minimum Gasteiger partial charge on any atom is -0.375 e. The maximum absolute atomic E-state index is 12.6. The Bertz CT molecular complexity index is 1040. The first-order valence-electron chi connectivity index (χ1n) is 8.79. The molecule has 2 atom stereocenters. The number of ether oxygens (including phenoxy) is 1. The number of nitrogens with zero attached hydrogens (tertiary/aromatic N) is 3. The highest BCUT2D eigenvalue weighted by Gasteiger charge is 2.24. The number of benzene rings is 2. The van der Waals surface area contributed by atoms with Crippen molar-refractivity contribution in [2.45, 2.75) is 19.1 Å². The van der Waals surface area contributed by atoms with E-state index in [0.29, 0.717) is 10.7 Å². The van der Waals surface area contributed by atoms with E-state index in [1.165, 1.54) is 22.9 Å². The summed E-state index contributed by atoms with van der Waals surface area (Å²) in [5.74, 6) is -0.393. The lowest BCUT2D eigenvalue weighted by Crippen LogP contribution is -2.38. The summed E-state index contributed by atoms with van der Waals surface area (Å²) < 4.78 is 6.95. The second-order valence-corrected chi connectivity index (χ2v) is 6.77. The number of nitro benzene ring substituents is 1. The Morgan fingerprint density at radius 1 is 1.24 bits per heavy atom. The van der Waals surface area contributed by atoms with E-state index in [9.17, 15) is 14.9 Å². The Hall–Kier alpha value is -3.23. The van der Waals surface area contributed by atoms with Crippen LogP contribution in [-0.4, -0.2) is 33.8 Å². The van der Waals surface area contributed by atoms with Crippen molar-refractivity contribution in [1.82, 2.24) is 15.1 Å². The van der Waals surface area contributed by atoms with E-state index in [-0.39, 0.29) is 17.4 Å². The molecule has 0 aliphatic heterocycles. The molecule has 0 unspecified atom stereocenters. The van der Waals surface area contributed by atoms with Gasteiger partial charge in [0.25, 0.3) is 11.6 Å². The first-order valence-corrected chi connectivity index (χ1v) is 9.17. The van der Waals surface area contributed by atoms with Gasteiger partial charge in [-0.3, -0.25) is 14.9 Å². The second-order valence-electron chi connectivity index (χ2n) is 6.36. The fraction of sp³-hybridized carbons (Fsp3) is 0.200. The number of carbonyl (C=O) groups excluding carboxylic acids is 1. The number of halogens is 1. The number of methoxy groups -OCH3 is 1. The normalized spacial score (nSPS) is 12.9. The van der Waals surface area contributed by atoms with Gasteiger partial charge in [-0.05, 0) is 25.1 Å². The molecule has 0 saturated heterocycles. The van der Waals surface area contributed by atoms with Crippen molar-refractivity contribution >= 4 is 23.2 Å². The number of hydrogen-bond donors (Lipinski definition) is 1. The molecule has 1 aromatic heterocycles. The highest BCUT2D eigenvalue weighted by molar-refractivity contribution is 6.31. The lowest BCUT2D eigenvalue weighted by Gasteiger charge is -2.24. The molecule has 0 spiro atoms. The van der Waals surface area contributed by atoms with Gasteiger partial charge in [0.1, 0.15) is 6.10 Å². The second kappa shape index (κ2) is 8.85. The third-order valence-corrected chi connectivity index (χ3v) is 4.75. The van der Waals surface area contributed by atoms with Gasteiger partial charge in [-0.2, -0.15) is 5.10 Å². The predicted molar refractivity (Wildman–Crippen MR) is 108 cm³/mol. The number of hydrogen-bond acceptors (Lipinski definition) is 5. The van der Waals surface area contributed by atoms with Crippen LogP contribution in [0.3, 0.4) is 0 Å². The summed E-state index contributed by atoms with van der Waals surface area (Å²) in [6, 6.07) is 14.4. The van der Waals surface area contributed by atoms with Crippen molar-refractivity contribution in [1.29, 1.82) is 0 Å². The predicted octanol–water partition coefficient (Wildman–Crippen LogP) is 3.94. The van der Waals surface area contributed by atoms with Gasteiger partial charge in [-0.1, -0.05) is 35.9 Å². The van der Waals surface area contributed by atoms with E-state index in [1.807, 2.05) is 25.1 Å². The molecule has 0 radical (unpaired) electrons. The Morgan fingerprint density at radius 3 is 2.69 bits per heavy atom. The molecule has 3 aromatic rings. The molecule has 150 valence electrons. The molecular weight excluding hydrogens is 396 g/mol. The molecular formula is C20H19ClN4O4.